The van der Waals surface area contributed by atoms with E-state index in [0.29, 0.717) is 5.89 Å². The molecule has 0 saturated heterocycles. The highest BCUT2D eigenvalue weighted by Crippen LogP contribution is 2.37. The van der Waals surface area contributed by atoms with Crippen LogP contribution in [0.25, 0.3) is 72.4 Å². The normalized spacial score (nSPS) is 11.6. The molecule has 4 heterocycles. The van der Waals surface area contributed by atoms with Crippen LogP contribution < -0.4 is 0 Å². The Labute approximate surface area is 223 Å². The van der Waals surface area contributed by atoms with E-state index in [-0.39, 0.29) is 0 Å². The number of nitrogens with zero attached hydrogens (tertiary/aromatic N) is 3. The van der Waals surface area contributed by atoms with Crippen molar-refractivity contribution in [3.8, 4) is 39.5 Å². The van der Waals surface area contributed by atoms with Crippen LogP contribution in [0.3, 0.4) is 0 Å². The number of para-hydroxylation sites is 2. The highest BCUT2D eigenvalue weighted by molar-refractivity contribution is 6.10. The minimum Gasteiger partial charge on any atom is -0.472 e. The van der Waals surface area contributed by atoms with E-state index in [2.05, 4.69) is 76.3 Å². The summed E-state index contributed by atoms with van der Waals surface area (Å²) in [5.41, 5.74) is 9.72. The predicted octanol–water partition coefficient (Wildman–Crippen LogP) is 8.91. The smallest absolute Gasteiger partial charge is 0.227 e. The molecule has 0 atom stereocenters. The molecule has 0 fully saturated rings. The Hall–Kier alpha value is -5.42. The van der Waals surface area contributed by atoms with Crippen molar-refractivity contribution in [2.45, 2.75) is 0 Å². The van der Waals surface area contributed by atoms with Gasteiger partial charge >= 0.3 is 0 Å². The van der Waals surface area contributed by atoms with Gasteiger partial charge in [-0.2, -0.15) is 0 Å². The molecule has 4 aromatic heterocycles. The monoisotopic (exact) mass is 503 g/mol. The van der Waals surface area contributed by atoms with Gasteiger partial charge in [-0.15, -0.1) is 0 Å². The Morgan fingerprint density at radius 3 is 2.44 bits per heavy atom. The Bertz CT molecular complexity index is 2120. The minimum absolute atomic E-state index is 0.585. The van der Waals surface area contributed by atoms with Crippen molar-refractivity contribution in [1.29, 1.82) is 0 Å². The zero-order valence-electron chi connectivity index (χ0n) is 20.8. The van der Waals surface area contributed by atoms with Gasteiger partial charge in [-0.25, -0.2) is 4.98 Å². The molecule has 0 aliphatic carbocycles. The third kappa shape index (κ3) is 3.48. The van der Waals surface area contributed by atoms with E-state index in [4.69, 9.17) is 13.8 Å². The maximum Gasteiger partial charge on any atom is 0.227 e. The quantitative estimate of drug-likeness (QED) is 0.241. The van der Waals surface area contributed by atoms with E-state index in [9.17, 15) is 0 Å². The number of hydrogen-bond donors (Lipinski definition) is 0. The summed E-state index contributed by atoms with van der Waals surface area (Å²) in [6.07, 6.45) is 5.22. The first kappa shape index (κ1) is 21.6. The average molecular weight is 504 g/mol. The van der Waals surface area contributed by atoms with E-state index in [1.54, 1.807) is 12.5 Å². The number of rotatable bonds is 4. The molecule has 0 unspecified atom stereocenters. The zero-order valence-corrected chi connectivity index (χ0v) is 20.8. The van der Waals surface area contributed by atoms with Crippen LogP contribution >= 0.6 is 0 Å². The predicted molar refractivity (Wildman–Crippen MR) is 155 cm³/mol. The molecule has 184 valence electrons. The molecule has 0 aliphatic heterocycles. The molecule has 5 nitrogen and oxygen atoms in total. The molecular formula is C34H21N3O2. The van der Waals surface area contributed by atoms with Crippen molar-refractivity contribution in [3.05, 3.63) is 128 Å². The summed E-state index contributed by atoms with van der Waals surface area (Å²) in [6, 6.07) is 37.4. The SMILES string of the molecule is c1ccc(-c2cccc(-n3c4ccccc4c4ccc(-c5nc6cccc(-c7ccoc7)c6o5)cc43)c2)nc1. The van der Waals surface area contributed by atoms with Crippen LogP contribution in [-0.4, -0.2) is 14.5 Å². The molecule has 0 N–H and O–H groups in total. The molecule has 8 aromatic rings. The number of fused-ring (bicyclic) bond motifs is 4. The summed E-state index contributed by atoms with van der Waals surface area (Å²) >= 11 is 0. The average Bonchev–Trinajstić information content (AvgIpc) is 3.75. The maximum absolute atomic E-state index is 6.38. The molecule has 0 amide bonds. The van der Waals surface area contributed by atoms with Crippen LogP contribution in [0.2, 0.25) is 0 Å². The van der Waals surface area contributed by atoms with E-state index in [1.807, 2.05) is 48.7 Å². The standard InChI is InChI=1S/C34H21N3O2/c1-2-13-31-27(9-1)28-15-14-23(34-36-30-12-6-10-26(33(30)39-34)24-16-18-38-21-24)20-32(28)37(31)25-8-5-7-22(19-25)29-11-3-4-17-35-29/h1-21H. The van der Waals surface area contributed by atoms with E-state index in [0.717, 1.165) is 55.8 Å². The van der Waals surface area contributed by atoms with Gasteiger partial charge in [-0.05, 0) is 54.6 Å². The summed E-state index contributed by atoms with van der Waals surface area (Å²) in [7, 11) is 0. The van der Waals surface area contributed by atoms with Gasteiger partial charge in [-0.1, -0.05) is 54.6 Å². The third-order valence-electron chi connectivity index (χ3n) is 7.23. The largest absolute Gasteiger partial charge is 0.472 e. The fraction of sp³-hybridized carbons (Fsp3) is 0. The van der Waals surface area contributed by atoms with Gasteiger partial charge in [0.1, 0.15) is 5.52 Å². The fourth-order valence-electron chi connectivity index (χ4n) is 5.44. The Morgan fingerprint density at radius 1 is 0.641 bits per heavy atom. The topological polar surface area (TPSA) is 57.0 Å². The summed E-state index contributed by atoms with van der Waals surface area (Å²) < 4.78 is 14.0. The van der Waals surface area contributed by atoms with Crippen LogP contribution in [0.4, 0.5) is 0 Å². The number of oxazole rings is 1. The van der Waals surface area contributed by atoms with Crippen molar-refractivity contribution < 1.29 is 8.83 Å². The van der Waals surface area contributed by atoms with Gasteiger partial charge in [0.05, 0.1) is 29.3 Å². The van der Waals surface area contributed by atoms with Crippen LogP contribution in [0.1, 0.15) is 0 Å². The first-order valence-corrected chi connectivity index (χ1v) is 12.8. The molecule has 0 bridgehead atoms. The van der Waals surface area contributed by atoms with Crippen LogP contribution in [0, 0.1) is 0 Å². The lowest BCUT2D eigenvalue weighted by atomic mass is 10.1. The second-order valence-electron chi connectivity index (χ2n) is 9.53. The molecular weight excluding hydrogens is 482 g/mol. The minimum atomic E-state index is 0.585. The fourth-order valence-corrected chi connectivity index (χ4v) is 5.44. The number of hydrogen-bond acceptors (Lipinski definition) is 4. The second kappa shape index (κ2) is 8.57. The number of aromatic nitrogens is 3. The highest BCUT2D eigenvalue weighted by Gasteiger charge is 2.17. The van der Waals surface area contributed by atoms with Gasteiger partial charge in [-0.3, -0.25) is 4.98 Å². The van der Waals surface area contributed by atoms with Crippen molar-refractivity contribution in [1.82, 2.24) is 14.5 Å². The molecule has 0 radical (unpaired) electrons. The van der Waals surface area contributed by atoms with Crippen molar-refractivity contribution in [2.75, 3.05) is 0 Å². The second-order valence-corrected chi connectivity index (χ2v) is 9.53. The highest BCUT2D eigenvalue weighted by atomic mass is 16.3. The summed E-state index contributed by atoms with van der Waals surface area (Å²) in [4.78, 5) is 9.42. The molecule has 5 heteroatoms. The first-order chi connectivity index (χ1) is 19.3. The van der Waals surface area contributed by atoms with Crippen LogP contribution in [-0.2, 0) is 0 Å². The number of furan rings is 1. The first-order valence-electron chi connectivity index (χ1n) is 12.8. The van der Waals surface area contributed by atoms with Gasteiger partial charge in [0, 0.05) is 44.9 Å². The molecule has 8 rings (SSSR count). The van der Waals surface area contributed by atoms with Crippen molar-refractivity contribution in [2.24, 2.45) is 0 Å². The Balaban J connectivity index is 1.34. The Morgan fingerprint density at radius 2 is 1.54 bits per heavy atom. The molecule has 39 heavy (non-hydrogen) atoms. The molecule has 0 spiro atoms. The zero-order chi connectivity index (χ0) is 25.8. The van der Waals surface area contributed by atoms with Gasteiger partial charge in [0.25, 0.3) is 0 Å². The maximum atomic E-state index is 6.38. The van der Waals surface area contributed by atoms with Gasteiger partial charge < -0.3 is 13.4 Å². The lowest BCUT2D eigenvalue weighted by Gasteiger charge is -2.10. The molecule has 4 aromatic carbocycles. The van der Waals surface area contributed by atoms with Crippen molar-refractivity contribution >= 4 is 32.9 Å². The van der Waals surface area contributed by atoms with Gasteiger partial charge in [0.15, 0.2) is 5.58 Å². The third-order valence-corrected chi connectivity index (χ3v) is 7.23. The van der Waals surface area contributed by atoms with E-state index >= 15 is 0 Å². The lowest BCUT2D eigenvalue weighted by Crippen LogP contribution is -1.95. The van der Waals surface area contributed by atoms with Crippen LogP contribution in [0.5, 0.6) is 0 Å². The number of benzene rings is 4. The molecule has 0 aliphatic rings. The van der Waals surface area contributed by atoms with Crippen molar-refractivity contribution in [3.63, 3.8) is 0 Å². The molecule has 0 saturated carbocycles. The van der Waals surface area contributed by atoms with Crippen LogP contribution in [0.15, 0.2) is 137 Å². The number of pyridine rings is 1. The Kier molecular flexibility index (Phi) is 4.76. The van der Waals surface area contributed by atoms with E-state index in [1.165, 1.54) is 10.8 Å². The van der Waals surface area contributed by atoms with Gasteiger partial charge in [0.2, 0.25) is 5.89 Å². The lowest BCUT2D eigenvalue weighted by molar-refractivity contribution is 0.568. The van der Waals surface area contributed by atoms with E-state index < -0.39 is 0 Å². The summed E-state index contributed by atoms with van der Waals surface area (Å²) in [5, 5.41) is 2.37. The summed E-state index contributed by atoms with van der Waals surface area (Å²) in [6.45, 7) is 0. The summed E-state index contributed by atoms with van der Waals surface area (Å²) in [5.74, 6) is 0.585.